The van der Waals surface area contributed by atoms with Gasteiger partial charge in [0.25, 0.3) is 0 Å². The van der Waals surface area contributed by atoms with Gasteiger partial charge in [0, 0.05) is 17.5 Å². The number of benzene rings is 1. The first-order chi connectivity index (χ1) is 8.95. The molecule has 0 unspecified atom stereocenters. The Morgan fingerprint density at radius 3 is 2.79 bits per heavy atom. The second-order valence-electron chi connectivity index (χ2n) is 5.41. The van der Waals surface area contributed by atoms with Crippen LogP contribution >= 0.6 is 0 Å². The van der Waals surface area contributed by atoms with Crippen LogP contribution in [-0.2, 0) is 11.2 Å². The number of rotatable bonds is 3. The van der Waals surface area contributed by atoms with Gasteiger partial charge >= 0.3 is 0 Å². The monoisotopic (exact) mass is 259 g/mol. The molecule has 0 saturated carbocycles. The molecule has 1 aromatic heterocycles. The van der Waals surface area contributed by atoms with Crippen LogP contribution in [0.15, 0.2) is 24.3 Å². The minimum Gasteiger partial charge on any atom is -0.326 e. The molecule has 19 heavy (non-hydrogen) atoms. The van der Waals surface area contributed by atoms with E-state index in [0.29, 0.717) is 12.2 Å². The van der Waals surface area contributed by atoms with Gasteiger partial charge in [-0.2, -0.15) is 5.21 Å². The normalized spacial score (nSPS) is 11.3. The summed E-state index contributed by atoms with van der Waals surface area (Å²) in [6, 6.07) is 7.64. The Kier molecular flexibility index (Phi) is 3.59. The Hall–Kier alpha value is -2.24. The summed E-state index contributed by atoms with van der Waals surface area (Å²) in [6.45, 7) is 5.64. The van der Waals surface area contributed by atoms with Crippen molar-refractivity contribution in [3.05, 3.63) is 35.7 Å². The standard InChI is InChI=1S/C13H17N5O/c1-13(2,3)12(19)14-10-6-4-5-9(7-10)8-11-15-17-18-16-11/h4-7H,8H2,1-3H3,(H,14,19)(H,15,16,17,18). The van der Waals surface area contributed by atoms with Crippen molar-refractivity contribution in [2.75, 3.05) is 5.32 Å². The molecule has 0 fully saturated rings. The van der Waals surface area contributed by atoms with Crippen LogP contribution in [0.5, 0.6) is 0 Å². The predicted molar refractivity (Wildman–Crippen MR) is 71.5 cm³/mol. The Balaban J connectivity index is 2.09. The largest absolute Gasteiger partial charge is 0.326 e. The lowest BCUT2D eigenvalue weighted by Crippen LogP contribution is -2.27. The van der Waals surface area contributed by atoms with E-state index in [0.717, 1.165) is 11.3 Å². The smallest absolute Gasteiger partial charge is 0.229 e. The molecule has 0 spiro atoms. The molecular formula is C13H17N5O. The lowest BCUT2D eigenvalue weighted by molar-refractivity contribution is -0.123. The van der Waals surface area contributed by atoms with Gasteiger partial charge in [-0.15, -0.1) is 10.2 Å². The first-order valence-electron chi connectivity index (χ1n) is 6.08. The van der Waals surface area contributed by atoms with Crippen molar-refractivity contribution in [3.8, 4) is 0 Å². The van der Waals surface area contributed by atoms with E-state index in [1.807, 2.05) is 45.0 Å². The summed E-state index contributed by atoms with van der Waals surface area (Å²) in [4.78, 5) is 11.9. The molecule has 6 nitrogen and oxygen atoms in total. The first-order valence-corrected chi connectivity index (χ1v) is 6.08. The fourth-order valence-corrected chi connectivity index (χ4v) is 1.52. The van der Waals surface area contributed by atoms with Gasteiger partial charge in [-0.05, 0) is 17.7 Å². The van der Waals surface area contributed by atoms with E-state index in [-0.39, 0.29) is 5.91 Å². The van der Waals surface area contributed by atoms with Gasteiger partial charge in [0.05, 0.1) is 0 Å². The summed E-state index contributed by atoms with van der Waals surface area (Å²) in [5, 5.41) is 16.6. The predicted octanol–water partition coefficient (Wildman–Crippen LogP) is 1.78. The highest BCUT2D eigenvalue weighted by Crippen LogP contribution is 2.18. The number of tetrazole rings is 1. The molecule has 0 atom stereocenters. The lowest BCUT2D eigenvalue weighted by Gasteiger charge is -2.17. The zero-order valence-electron chi connectivity index (χ0n) is 11.3. The fourth-order valence-electron chi connectivity index (χ4n) is 1.52. The van der Waals surface area contributed by atoms with Gasteiger partial charge in [-0.3, -0.25) is 4.79 Å². The van der Waals surface area contributed by atoms with Crippen LogP contribution in [0.1, 0.15) is 32.2 Å². The van der Waals surface area contributed by atoms with Crippen LogP contribution < -0.4 is 5.32 Å². The SMILES string of the molecule is CC(C)(C)C(=O)Nc1cccc(Cc2nn[nH]n2)c1. The number of amides is 1. The molecule has 2 aromatic rings. The van der Waals surface area contributed by atoms with Crippen LogP contribution in [0.4, 0.5) is 5.69 Å². The molecule has 0 aliphatic heterocycles. The van der Waals surface area contributed by atoms with Gasteiger partial charge in [-0.25, -0.2) is 0 Å². The summed E-state index contributed by atoms with van der Waals surface area (Å²) in [5.41, 5.74) is 1.39. The minimum atomic E-state index is -0.413. The zero-order valence-corrected chi connectivity index (χ0v) is 11.3. The van der Waals surface area contributed by atoms with Gasteiger partial charge in [0.2, 0.25) is 5.91 Å². The molecule has 1 aromatic carbocycles. The Labute approximate surface area is 111 Å². The van der Waals surface area contributed by atoms with Gasteiger partial charge in [0.15, 0.2) is 5.82 Å². The maximum absolute atomic E-state index is 11.9. The quantitative estimate of drug-likeness (QED) is 0.880. The number of aromatic nitrogens is 4. The van der Waals surface area contributed by atoms with Gasteiger partial charge in [0.1, 0.15) is 0 Å². The molecule has 2 rings (SSSR count). The maximum Gasteiger partial charge on any atom is 0.229 e. The second-order valence-corrected chi connectivity index (χ2v) is 5.41. The number of hydrogen-bond donors (Lipinski definition) is 2. The van der Waals surface area contributed by atoms with Crippen molar-refractivity contribution in [2.45, 2.75) is 27.2 Å². The topological polar surface area (TPSA) is 83.6 Å². The molecule has 1 amide bonds. The molecule has 6 heteroatoms. The van der Waals surface area contributed by atoms with Gasteiger partial charge in [-0.1, -0.05) is 38.1 Å². The summed E-state index contributed by atoms with van der Waals surface area (Å²) < 4.78 is 0. The van der Waals surface area contributed by atoms with E-state index in [1.54, 1.807) is 0 Å². The van der Waals surface area contributed by atoms with Crippen LogP contribution in [0.3, 0.4) is 0 Å². The number of nitrogens with zero attached hydrogens (tertiary/aromatic N) is 3. The Bertz CT molecular complexity index is 557. The highest BCUT2D eigenvalue weighted by molar-refractivity contribution is 5.94. The number of carbonyl (C=O) groups excluding carboxylic acids is 1. The third-order valence-corrected chi connectivity index (χ3v) is 2.62. The number of aromatic amines is 1. The molecular weight excluding hydrogens is 242 g/mol. The number of anilines is 1. The first kappa shape index (κ1) is 13.2. The average molecular weight is 259 g/mol. The summed E-state index contributed by atoms with van der Waals surface area (Å²) in [5.74, 6) is 0.614. The molecule has 1 heterocycles. The molecule has 0 aliphatic rings. The van der Waals surface area contributed by atoms with Crippen LogP contribution in [-0.4, -0.2) is 26.5 Å². The summed E-state index contributed by atoms with van der Waals surface area (Å²) in [6.07, 6.45) is 0.579. The van der Waals surface area contributed by atoms with E-state index < -0.39 is 5.41 Å². The highest BCUT2D eigenvalue weighted by Gasteiger charge is 2.21. The van der Waals surface area contributed by atoms with E-state index in [2.05, 4.69) is 25.9 Å². The van der Waals surface area contributed by atoms with Crippen LogP contribution in [0, 0.1) is 5.41 Å². The molecule has 0 aliphatic carbocycles. The van der Waals surface area contributed by atoms with E-state index in [9.17, 15) is 4.79 Å². The zero-order chi connectivity index (χ0) is 13.9. The van der Waals surface area contributed by atoms with Crippen LogP contribution in [0.25, 0.3) is 0 Å². The van der Waals surface area contributed by atoms with Crippen LogP contribution in [0.2, 0.25) is 0 Å². The number of H-pyrrole nitrogens is 1. The number of hydrogen-bond acceptors (Lipinski definition) is 4. The molecule has 0 radical (unpaired) electrons. The number of carbonyl (C=O) groups is 1. The Morgan fingerprint density at radius 1 is 1.37 bits per heavy atom. The van der Waals surface area contributed by atoms with Crippen molar-refractivity contribution in [2.24, 2.45) is 5.41 Å². The van der Waals surface area contributed by atoms with Crippen molar-refractivity contribution < 1.29 is 4.79 Å². The van der Waals surface area contributed by atoms with E-state index in [4.69, 9.17) is 0 Å². The molecule has 0 saturated heterocycles. The van der Waals surface area contributed by atoms with E-state index in [1.165, 1.54) is 0 Å². The van der Waals surface area contributed by atoms with E-state index >= 15 is 0 Å². The van der Waals surface area contributed by atoms with Gasteiger partial charge < -0.3 is 5.32 Å². The lowest BCUT2D eigenvalue weighted by atomic mass is 9.95. The van der Waals surface area contributed by atoms with Crippen molar-refractivity contribution in [3.63, 3.8) is 0 Å². The molecule has 2 N–H and O–H groups in total. The third-order valence-electron chi connectivity index (χ3n) is 2.62. The Morgan fingerprint density at radius 2 is 2.16 bits per heavy atom. The highest BCUT2D eigenvalue weighted by atomic mass is 16.2. The summed E-state index contributed by atoms with van der Waals surface area (Å²) >= 11 is 0. The van der Waals surface area contributed by atoms with Crippen molar-refractivity contribution in [1.29, 1.82) is 0 Å². The minimum absolute atomic E-state index is 0.00999. The van der Waals surface area contributed by atoms with Crippen molar-refractivity contribution in [1.82, 2.24) is 20.6 Å². The fraction of sp³-hybridized carbons (Fsp3) is 0.385. The molecule has 100 valence electrons. The number of nitrogens with one attached hydrogen (secondary N) is 2. The second kappa shape index (κ2) is 5.17. The maximum atomic E-state index is 11.9. The van der Waals surface area contributed by atoms with Crippen molar-refractivity contribution >= 4 is 11.6 Å². The summed E-state index contributed by atoms with van der Waals surface area (Å²) in [7, 11) is 0. The average Bonchev–Trinajstić information content (AvgIpc) is 2.81. The third kappa shape index (κ3) is 3.61. The molecule has 0 bridgehead atoms.